The first-order chi connectivity index (χ1) is 11.4. The maximum atomic E-state index is 11.8. The molecule has 0 saturated carbocycles. The largest absolute Gasteiger partial charge is 0.452 e. The van der Waals surface area contributed by atoms with E-state index < -0.39 is 23.4 Å². The Morgan fingerprint density at radius 2 is 2.08 bits per heavy atom. The first-order valence-corrected chi connectivity index (χ1v) is 7.56. The number of pyridine rings is 1. The van der Waals surface area contributed by atoms with Crippen LogP contribution in [0.3, 0.4) is 0 Å². The summed E-state index contributed by atoms with van der Waals surface area (Å²) in [4.78, 5) is 37.4. The fourth-order valence-corrected chi connectivity index (χ4v) is 2.29. The van der Waals surface area contributed by atoms with Gasteiger partial charge in [-0.15, -0.1) is 0 Å². The quantitative estimate of drug-likeness (QED) is 0.348. The van der Waals surface area contributed by atoms with E-state index in [2.05, 4.69) is 26.2 Å². The Balaban J connectivity index is 1.94. The Bertz CT molecular complexity index is 815. The summed E-state index contributed by atoms with van der Waals surface area (Å²) in [6.45, 7) is -0.526. The lowest BCUT2D eigenvalue weighted by atomic mass is 10.3. The van der Waals surface area contributed by atoms with Crippen LogP contribution < -0.4 is 5.32 Å². The minimum atomic E-state index is -0.725. The number of nitro groups is 1. The molecule has 8 nitrogen and oxygen atoms in total. The molecule has 0 bridgehead atoms. The molecule has 10 heteroatoms. The molecule has 124 valence electrons. The number of halogens is 2. The Morgan fingerprint density at radius 1 is 1.33 bits per heavy atom. The SMILES string of the molecule is O=C(COC(=O)c1ccnc(Cl)c1)Nc1ccc([N+](=O)[O-])cc1Br. The van der Waals surface area contributed by atoms with Gasteiger partial charge in [0.05, 0.1) is 16.2 Å². The number of hydrogen-bond acceptors (Lipinski definition) is 6. The molecule has 0 radical (unpaired) electrons. The average Bonchev–Trinajstić information content (AvgIpc) is 2.54. The van der Waals surface area contributed by atoms with Crippen LogP contribution in [-0.2, 0) is 9.53 Å². The van der Waals surface area contributed by atoms with Crippen LogP contribution in [0.15, 0.2) is 41.0 Å². The number of nitrogens with one attached hydrogen (secondary N) is 1. The molecule has 0 aliphatic carbocycles. The second-order valence-corrected chi connectivity index (χ2v) is 5.65. The van der Waals surface area contributed by atoms with Gasteiger partial charge in [0, 0.05) is 22.8 Å². The van der Waals surface area contributed by atoms with Crippen LogP contribution in [0, 0.1) is 10.1 Å². The summed E-state index contributed by atoms with van der Waals surface area (Å²) in [5.41, 5.74) is 0.355. The highest BCUT2D eigenvalue weighted by atomic mass is 79.9. The molecule has 0 saturated heterocycles. The van der Waals surface area contributed by atoms with Crippen molar-refractivity contribution >= 4 is 50.8 Å². The second-order valence-electron chi connectivity index (χ2n) is 4.41. The van der Waals surface area contributed by atoms with E-state index in [9.17, 15) is 19.7 Å². The molecule has 2 aromatic rings. The van der Waals surface area contributed by atoms with Gasteiger partial charge in [-0.2, -0.15) is 0 Å². The molecular formula is C14H9BrClN3O5. The van der Waals surface area contributed by atoms with E-state index in [-0.39, 0.29) is 16.4 Å². The number of carbonyl (C=O) groups excluding carboxylic acids is 2. The van der Waals surface area contributed by atoms with Crippen LogP contribution in [0.2, 0.25) is 5.15 Å². The molecule has 1 heterocycles. The minimum absolute atomic E-state index is 0.124. The van der Waals surface area contributed by atoms with Crippen molar-refractivity contribution < 1.29 is 19.2 Å². The van der Waals surface area contributed by atoms with Crippen molar-refractivity contribution in [1.82, 2.24) is 4.98 Å². The van der Waals surface area contributed by atoms with E-state index in [1.54, 1.807) is 0 Å². The van der Waals surface area contributed by atoms with Gasteiger partial charge in [-0.1, -0.05) is 11.6 Å². The number of aromatic nitrogens is 1. The first-order valence-electron chi connectivity index (χ1n) is 6.39. The molecule has 0 unspecified atom stereocenters. The molecule has 0 fully saturated rings. The lowest BCUT2D eigenvalue weighted by Crippen LogP contribution is -2.21. The molecule has 1 aromatic carbocycles. The van der Waals surface area contributed by atoms with Crippen molar-refractivity contribution in [1.29, 1.82) is 0 Å². The maximum Gasteiger partial charge on any atom is 0.338 e. The number of non-ortho nitro benzene ring substituents is 1. The number of nitro benzene ring substituents is 1. The Kier molecular flexibility index (Phi) is 5.83. The number of benzene rings is 1. The van der Waals surface area contributed by atoms with Gasteiger partial charge in [0.2, 0.25) is 0 Å². The van der Waals surface area contributed by atoms with E-state index in [0.29, 0.717) is 10.2 Å². The summed E-state index contributed by atoms with van der Waals surface area (Å²) < 4.78 is 5.19. The standard InChI is InChI=1S/C14H9BrClN3O5/c15-10-6-9(19(22)23)1-2-11(10)18-13(20)7-24-14(21)8-3-4-17-12(16)5-8/h1-6H,7H2,(H,18,20). The van der Waals surface area contributed by atoms with Crippen LogP contribution in [0.5, 0.6) is 0 Å². The Labute approximate surface area is 149 Å². The number of rotatable bonds is 5. The summed E-state index contributed by atoms with van der Waals surface area (Å²) >= 11 is 8.78. The highest BCUT2D eigenvalue weighted by Crippen LogP contribution is 2.27. The molecule has 0 atom stereocenters. The number of ether oxygens (including phenoxy) is 1. The third-order valence-electron chi connectivity index (χ3n) is 2.73. The number of nitrogens with zero attached hydrogens (tertiary/aromatic N) is 2. The molecular weight excluding hydrogens is 406 g/mol. The number of esters is 1. The van der Waals surface area contributed by atoms with Crippen molar-refractivity contribution in [2.45, 2.75) is 0 Å². The van der Waals surface area contributed by atoms with Gasteiger partial charge >= 0.3 is 5.97 Å². The fourth-order valence-electron chi connectivity index (χ4n) is 1.65. The topological polar surface area (TPSA) is 111 Å². The maximum absolute atomic E-state index is 11.8. The summed E-state index contributed by atoms with van der Waals surface area (Å²) in [5.74, 6) is -1.32. The van der Waals surface area contributed by atoms with Crippen LogP contribution >= 0.6 is 27.5 Å². The highest BCUT2D eigenvalue weighted by molar-refractivity contribution is 9.10. The third kappa shape index (κ3) is 4.74. The van der Waals surface area contributed by atoms with Crippen molar-refractivity contribution in [2.24, 2.45) is 0 Å². The highest BCUT2D eigenvalue weighted by Gasteiger charge is 2.14. The zero-order valence-corrected chi connectivity index (χ0v) is 14.2. The van der Waals surface area contributed by atoms with E-state index in [1.165, 1.54) is 36.5 Å². The van der Waals surface area contributed by atoms with Crippen LogP contribution in [0.25, 0.3) is 0 Å². The number of hydrogen-bond donors (Lipinski definition) is 1. The van der Waals surface area contributed by atoms with Crippen LogP contribution in [0.1, 0.15) is 10.4 Å². The average molecular weight is 415 g/mol. The number of carbonyl (C=O) groups is 2. The fraction of sp³-hybridized carbons (Fsp3) is 0.0714. The van der Waals surface area contributed by atoms with Gasteiger partial charge in [-0.25, -0.2) is 9.78 Å². The molecule has 1 amide bonds. The normalized spacial score (nSPS) is 10.1. The lowest BCUT2D eigenvalue weighted by Gasteiger charge is -2.08. The summed E-state index contributed by atoms with van der Waals surface area (Å²) in [6.07, 6.45) is 1.34. The summed E-state index contributed by atoms with van der Waals surface area (Å²) in [5, 5.41) is 13.2. The van der Waals surface area contributed by atoms with Crippen LogP contribution in [0.4, 0.5) is 11.4 Å². The van der Waals surface area contributed by atoms with E-state index in [4.69, 9.17) is 16.3 Å². The second kappa shape index (κ2) is 7.84. The molecule has 1 N–H and O–H groups in total. The van der Waals surface area contributed by atoms with Gasteiger partial charge in [-0.3, -0.25) is 14.9 Å². The van der Waals surface area contributed by atoms with Gasteiger partial charge < -0.3 is 10.1 Å². The Hall–Kier alpha value is -2.52. The van der Waals surface area contributed by atoms with Gasteiger partial charge in [0.25, 0.3) is 11.6 Å². The molecule has 0 aliphatic heterocycles. The predicted octanol–water partition coefficient (Wildman–Crippen LogP) is 3.20. The van der Waals surface area contributed by atoms with Crippen LogP contribution in [-0.4, -0.2) is 28.4 Å². The molecule has 0 aliphatic rings. The van der Waals surface area contributed by atoms with Crippen molar-refractivity contribution in [3.63, 3.8) is 0 Å². The molecule has 2 rings (SSSR count). The van der Waals surface area contributed by atoms with Gasteiger partial charge in [-0.05, 0) is 34.1 Å². The third-order valence-corrected chi connectivity index (χ3v) is 3.60. The van der Waals surface area contributed by atoms with Crippen molar-refractivity contribution in [2.75, 3.05) is 11.9 Å². The number of amides is 1. The summed E-state index contributed by atoms with van der Waals surface area (Å²) in [6, 6.07) is 6.57. The zero-order chi connectivity index (χ0) is 17.7. The molecule has 0 spiro atoms. The lowest BCUT2D eigenvalue weighted by molar-refractivity contribution is -0.384. The monoisotopic (exact) mass is 413 g/mol. The van der Waals surface area contributed by atoms with Crippen molar-refractivity contribution in [3.8, 4) is 0 Å². The van der Waals surface area contributed by atoms with Gasteiger partial charge in [0.1, 0.15) is 5.15 Å². The van der Waals surface area contributed by atoms with E-state index >= 15 is 0 Å². The Morgan fingerprint density at radius 3 is 2.71 bits per heavy atom. The van der Waals surface area contributed by atoms with Gasteiger partial charge in [0.15, 0.2) is 6.61 Å². The van der Waals surface area contributed by atoms with Crippen molar-refractivity contribution in [3.05, 3.63) is 61.8 Å². The van der Waals surface area contributed by atoms with E-state index in [1.807, 2.05) is 0 Å². The predicted molar refractivity (Wildman–Crippen MR) is 89.0 cm³/mol. The minimum Gasteiger partial charge on any atom is -0.452 e. The first kappa shape index (κ1) is 17.8. The molecule has 24 heavy (non-hydrogen) atoms. The molecule has 1 aromatic heterocycles. The number of anilines is 1. The smallest absolute Gasteiger partial charge is 0.338 e. The van der Waals surface area contributed by atoms with E-state index in [0.717, 1.165) is 0 Å². The summed E-state index contributed by atoms with van der Waals surface area (Å²) in [7, 11) is 0. The zero-order valence-electron chi connectivity index (χ0n) is 11.9.